The summed E-state index contributed by atoms with van der Waals surface area (Å²) >= 11 is 0. The van der Waals surface area contributed by atoms with Gasteiger partial charge in [0.1, 0.15) is 0 Å². The van der Waals surface area contributed by atoms with E-state index in [2.05, 4.69) is 0 Å². The third kappa shape index (κ3) is 2.06. The van der Waals surface area contributed by atoms with Gasteiger partial charge in [-0.25, -0.2) is 0 Å². The molecular formula is C10H8NO2-. The van der Waals surface area contributed by atoms with Crippen LogP contribution in [0, 0.1) is 11.3 Å². The first-order valence-corrected chi connectivity index (χ1v) is 3.86. The number of carbonyl (C=O) groups excluding carboxylic acids is 1. The normalized spacial score (nSPS) is 11.7. The highest BCUT2D eigenvalue weighted by molar-refractivity contribution is 5.85. The van der Waals surface area contributed by atoms with Crippen molar-refractivity contribution in [3.8, 4) is 6.07 Å². The molecule has 0 aromatic heterocycles. The monoisotopic (exact) mass is 174 g/mol. The second-order valence-corrected chi connectivity index (χ2v) is 2.76. The number of carbonyl (C=O) groups is 1. The number of nitrogens with zero attached hydrogens (tertiary/aromatic N) is 1. The van der Waals surface area contributed by atoms with E-state index >= 15 is 0 Å². The molecule has 0 aliphatic rings. The van der Waals surface area contributed by atoms with Crippen molar-refractivity contribution >= 4 is 5.97 Å². The summed E-state index contributed by atoms with van der Waals surface area (Å²) in [4.78, 5) is 10.5. The van der Waals surface area contributed by atoms with Gasteiger partial charge in [0.25, 0.3) is 0 Å². The van der Waals surface area contributed by atoms with Crippen LogP contribution in [0.2, 0.25) is 0 Å². The molecule has 13 heavy (non-hydrogen) atoms. The minimum atomic E-state index is -1.22. The van der Waals surface area contributed by atoms with Crippen LogP contribution in [-0.4, -0.2) is 5.97 Å². The lowest BCUT2D eigenvalue weighted by atomic mass is 10.0. The van der Waals surface area contributed by atoms with Crippen LogP contribution in [0.5, 0.6) is 0 Å². The van der Waals surface area contributed by atoms with Gasteiger partial charge in [-0.1, -0.05) is 18.2 Å². The molecule has 0 spiro atoms. The number of hydrogen-bond acceptors (Lipinski definition) is 3. The van der Waals surface area contributed by atoms with Crippen molar-refractivity contribution in [2.75, 3.05) is 0 Å². The molecule has 1 rings (SSSR count). The fourth-order valence-corrected chi connectivity index (χ4v) is 1.01. The molecule has 0 bridgehead atoms. The first kappa shape index (κ1) is 9.27. The molecule has 3 heteroatoms. The highest BCUT2D eigenvalue weighted by Crippen LogP contribution is 2.14. The van der Waals surface area contributed by atoms with Crippen LogP contribution in [0.15, 0.2) is 24.3 Å². The van der Waals surface area contributed by atoms with Crippen molar-refractivity contribution in [3.63, 3.8) is 0 Å². The third-order valence-electron chi connectivity index (χ3n) is 1.82. The Hall–Kier alpha value is -1.82. The van der Waals surface area contributed by atoms with Crippen LogP contribution in [0.4, 0.5) is 0 Å². The lowest BCUT2D eigenvalue weighted by molar-refractivity contribution is -0.255. The van der Waals surface area contributed by atoms with E-state index < -0.39 is 5.97 Å². The predicted molar refractivity (Wildman–Crippen MR) is 44.8 cm³/mol. The van der Waals surface area contributed by atoms with Crippen molar-refractivity contribution in [1.82, 2.24) is 0 Å². The van der Waals surface area contributed by atoms with Crippen molar-refractivity contribution < 1.29 is 9.90 Å². The molecule has 0 unspecified atom stereocenters. The summed E-state index contributed by atoms with van der Waals surface area (Å²) in [6.07, 6.45) is 0. The van der Waals surface area contributed by atoms with Crippen LogP contribution in [0.25, 0.3) is 0 Å². The Morgan fingerprint density at radius 1 is 1.62 bits per heavy atom. The molecule has 0 radical (unpaired) electrons. The number of hydrogen-bond donors (Lipinski definition) is 0. The predicted octanol–water partition coefficient (Wildman–Crippen LogP) is 0.677. The fraction of sp³-hybridized carbons (Fsp3) is 0.200. The second kappa shape index (κ2) is 3.72. The summed E-state index contributed by atoms with van der Waals surface area (Å²) in [5, 5.41) is 19.1. The summed E-state index contributed by atoms with van der Waals surface area (Å²) in [5.74, 6) is -1.51. The minimum Gasteiger partial charge on any atom is -0.545 e. The standard InChI is InChI=1S/C10H9NO2/c1-7(6-11)8-3-2-4-9(5-8)10(12)13/h2-5,7H,1H3,(H,12,13)/p-1/t7-/m1/s1. The second-order valence-electron chi connectivity index (χ2n) is 2.76. The number of rotatable bonds is 2. The van der Waals surface area contributed by atoms with E-state index in [1.54, 1.807) is 19.1 Å². The third-order valence-corrected chi connectivity index (χ3v) is 1.82. The summed E-state index contributed by atoms with van der Waals surface area (Å²) in [6, 6.07) is 8.27. The first-order valence-electron chi connectivity index (χ1n) is 3.86. The molecule has 0 fully saturated rings. The van der Waals surface area contributed by atoms with Crippen molar-refractivity contribution in [2.24, 2.45) is 0 Å². The molecule has 0 N–H and O–H groups in total. The molecular weight excluding hydrogens is 166 g/mol. The van der Waals surface area contributed by atoms with Gasteiger partial charge in [0.15, 0.2) is 0 Å². The summed E-state index contributed by atoms with van der Waals surface area (Å²) < 4.78 is 0. The van der Waals surface area contributed by atoms with Gasteiger partial charge in [-0.2, -0.15) is 5.26 Å². The smallest absolute Gasteiger partial charge is 0.0715 e. The van der Waals surface area contributed by atoms with Gasteiger partial charge in [0.05, 0.1) is 18.0 Å². The molecule has 3 nitrogen and oxygen atoms in total. The van der Waals surface area contributed by atoms with Crippen molar-refractivity contribution in [2.45, 2.75) is 12.8 Å². The van der Waals surface area contributed by atoms with E-state index in [4.69, 9.17) is 5.26 Å². The minimum absolute atomic E-state index is 0.111. The van der Waals surface area contributed by atoms with E-state index in [0.29, 0.717) is 5.56 Å². The zero-order chi connectivity index (χ0) is 9.84. The number of carboxylic acids is 1. The fourth-order valence-electron chi connectivity index (χ4n) is 1.01. The number of carboxylic acid groups (broad SMARTS) is 1. The quantitative estimate of drug-likeness (QED) is 0.662. The maximum Gasteiger partial charge on any atom is 0.0715 e. The van der Waals surface area contributed by atoms with E-state index in [-0.39, 0.29) is 11.5 Å². The zero-order valence-electron chi connectivity index (χ0n) is 7.15. The summed E-state index contributed by atoms with van der Waals surface area (Å²) in [5.41, 5.74) is 0.809. The first-order chi connectivity index (χ1) is 6.15. The average molecular weight is 174 g/mol. The van der Waals surface area contributed by atoms with Gasteiger partial charge in [-0.15, -0.1) is 0 Å². The van der Waals surface area contributed by atoms with Gasteiger partial charge in [-0.05, 0) is 24.1 Å². The highest BCUT2D eigenvalue weighted by atomic mass is 16.4. The Bertz CT molecular complexity index is 365. The van der Waals surface area contributed by atoms with Crippen LogP contribution >= 0.6 is 0 Å². The van der Waals surface area contributed by atoms with E-state index in [1.165, 1.54) is 12.1 Å². The van der Waals surface area contributed by atoms with Gasteiger partial charge in [0, 0.05) is 0 Å². The molecule has 0 aliphatic carbocycles. The average Bonchev–Trinajstić information content (AvgIpc) is 2.17. The van der Waals surface area contributed by atoms with Gasteiger partial charge in [-0.3, -0.25) is 0 Å². The van der Waals surface area contributed by atoms with Crippen molar-refractivity contribution in [1.29, 1.82) is 5.26 Å². The van der Waals surface area contributed by atoms with Crippen LogP contribution < -0.4 is 5.11 Å². The van der Waals surface area contributed by atoms with E-state index in [9.17, 15) is 9.90 Å². The molecule has 66 valence electrons. The van der Waals surface area contributed by atoms with Gasteiger partial charge >= 0.3 is 0 Å². The zero-order valence-corrected chi connectivity index (χ0v) is 7.15. The molecule has 0 heterocycles. The summed E-state index contributed by atoms with van der Waals surface area (Å²) in [6.45, 7) is 1.72. The molecule has 1 aromatic rings. The van der Waals surface area contributed by atoms with Crippen molar-refractivity contribution in [3.05, 3.63) is 35.4 Å². The van der Waals surface area contributed by atoms with E-state index in [0.717, 1.165) is 0 Å². The van der Waals surface area contributed by atoms with E-state index in [1.807, 2.05) is 6.07 Å². The number of aromatic carboxylic acids is 1. The van der Waals surface area contributed by atoms with Gasteiger partial charge < -0.3 is 9.90 Å². The van der Waals surface area contributed by atoms with Gasteiger partial charge in [0.2, 0.25) is 0 Å². The molecule has 1 aromatic carbocycles. The molecule has 1 atom stereocenters. The van der Waals surface area contributed by atoms with Crippen LogP contribution in [0.1, 0.15) is 28.8 Å². The SMILES string of the molecule is C[C@H](C#N)c1cccc(C(=O)[O-])c1. The van der Waals surface area contributed by atoms with Crippen LogP contribution in [0.3, 0.4) is 0 Å². The molecule has 0 aliphatic heterocycles. The maximum atomic E-state index is 10.5. The molecule has 0 saturated heterocycles. The maximum absolute atomic E-state index is 10.5. The Morgan fingerprint density at radius 2 is 2.31 bits per heavy atom. The lowest BCUT2D eigenvalue weighted by Gasteiger charge is -2.06. The highest BCUT2D eigenvalue weighted by Gasteiger charge is 2.03. The molecule has 0 saturated carbocycles. The Kier molecular flexibility index (Phi) is 2.65. The topological polar surface area (TPSA) is 63.9 Å². The molecule has 0 amide bonds. The number of benzene rings is 1. The Morgan fingerprint density at radius 3 is 2.85 bits per heavy atom. The Balaban J connectivity index is 3.07. The lowest BCUT2D eigenvalue weighted by Crippen LogP contribution is -2.22. The van der Waals surface area contributed by atoms with Crippen LogP contribution in [-0.2, 0) is 0 Å². The number of nitriles is 1. The Labute approximate surface area is 76.2 Å². The summed E-state index contributed by atoms with van der Waals surface area (Å²) in [7, 11) is 0. The largest absolute Gasteiger partial charge is 0.545 e.